The summed E-state index contributed by atoms with van der Waals surface area (Å²) in [6.45, 7) is 6.95. The fourth-order valence-electron chi connectivity index (χ4n) is 1.35. The number of carbonyl (C=O) groups excluding carboxylic acids is 1. The summed E-state index contributed by atoms with van der Waals surface area (Å²) in [4.78, 5) is 31.7. The van der Waals surface area contributed by atoms with Crippen LogP contribution >= 0.6 is 0 Å². The Bertz CT molecular complexity index is 325. The Hall–Kier alpha value is -1.63. The molecule has 0 spiro atoms. The number of unbranched alkanes of at least 4 members (excludes halogenated alkanes) is 1. The van der Waals surface area contributed by atoms with Crippen LogP contribution in [-0.4, -0.2) is 45.9 Å². The first kappa shape index (κ1) is 21.7. The van der Waals surface area contributed by atoms with E-state index < -0.39 is 35.8 Å². The van der Waals surface area contributed by atoms with Crippen LogP contribution in [-0.2, 0) is 19.1 Å². The van der Waals surface area contributed by atoms with E-state index in [2.05, 4.69) is 0 Å². The van der Waals surface area contributed by atoms with Gasteiger partial charge in [0, 0.05) is 0 Å². The van der Waals surface area contributed by atoms with E-state index in [1.54, 1.807) is 13.8 Å². The third-order valence-corrected chi connectivity index (χ3v) is 2.83. The lowest BCUT2D eigenvalue weighted by Crippen LogP contribution is -2.28. The molecule has 0 saturated heterocycles. The number of aliphatic hydroxyl groups excluding tert-OH is 1. The molecule has 0 radical (unpaired) electrons. The molecule has 3 atom stereocenters. The summed E-state index contributed by atoms with van der Waals surface area (Å²) < 4.78 is 4.97. The van der Waals surface area contributed by atoms with Crippen LogP contribution in [0.25, 0.3) is 0 Å². The molecule has 0 aliphatic rings. The normalized spacial score (nSPS) is 14.1. The Morgan fingerprint density at radius 1 is 1.05 bits per heavy atom. The SMILES string of the molecule is CC(O)C(=O)O.CCCCOC(=O)C(C)C(CC)C(=O)O. The molecule has 0 amide bonds. The van der Waals surface area contributed by atoms with Gasteiger partial charge in [0.25, 0.3) is 0 Å². The van der Waals surface area contributed by atoms with E-state index in [4.69, 9.17) is 20.1 Å². The van der Waals surface area contributed by atoms with Crippen LogP contribution in [0.5, 0.6) is 0 Å². The molecule has 0 aromatic heterocycles. The maximum Gasteiger partial charge on any atom is 0.332 e. The van der Waals surface area contributed by atoms with Crippen LogP contribution in [0.3, 0.4) is 0 Å². The van der Waals surface area contributed by atoms with Crippen molar-refractivity contribution in [3.8, 4) is 0 Å². The fraction of sp³-hybridized carbons (Fsp3) is 0.786. The van der Waals surface area contributed by atoms with Gasteiger partial charge in [-0.25, -0.2) is 4.79 Å². The zero-order chi connectivity index (χ0) is 17.0. The molecule has 3 unspecified atom stereocenters. The van der Waals surface area contributed by atoms with Gasteiger partial charge in [0.15, 0.2) is 0 Å². The molecular formula is C14H26O7. The molecule has 0 aromatic carbocycles. The second kappa shape index (κ2) is 12.1. The fourth-order valence-corrected chi connectivity index (χ4v) is 1.35. The molecule has 124 valence electrons. The van der Waals surface area contributed by atoms with E-state index in [9.17, 15) is 14.4 Å². The van der Waals surface area contributed by atoms with E-state index in [0.29, 0.717) is 13.0 Å². The number of hydrogen-bond acceptors (Lipinski definition) is 5. The highest BCUT2D eigenvalue weighted by molar-refractivity contribution is 5.80. The highest BCUT2D eigenvalue weighted by Gasteiger charge is 2.29. The Morgan fingerprint density at radius 2 is 1.52 bits per heavy atom. The van der Waals surface area contributed by atoms with E-state index in [1.165, 1.54) is 6.92 Å². The average Bonchev–Trinajstić information content (AvgIpc) is 2.39. The van der Waals surface area contributed by atoms with Crippen molar-refractivity contribution in [3.05, 3.63) is 0 Å². The van der Waals surface area contributed by atoms with Crippen LogP contribution in [0.2, 0.25) is 0 Å². The highest BCUT2D eigenvalue weighted by atomic mass is 16.5. The third kappa shape index (κ3) is 10.8. The van der Waals surface area contributed by atoms with Crippen molar-refractivity contribution in [2.45, 2.75) is 53.1 Å². The van der Waals surface area contributed by atoms with Crippen LogP contribution in [0, 0.1) is 11.8 Å². The first-order valence-electron chi connectivity index (χ1n) is 6.99. The van der Waals surface area contributed by atoms with Crippen LogP contribution in [0.1, 0.15) is 47.0 Å². The quantitative estimate of drug-likeness (QED) is 0.459. The van der Waals surface area contributed by atoms with E-state index in [1.807, 2.05) is 6.92 Å². The van der Waals surface area contributed by atoms with Crippen molar-refractivity contribution in [3.63, 3.8) is 0 Å². The molecule has 3 N–H and O–H groups in total. The van der Waals surface area contributed by atoms with E-state index in [0.717, 1.165) is 12.8 Å². The maximum atomic E-state index is 11.4. The number of ether oxygens (including phenoxy) is 1. The molecule has 0 rings (SSSR count). The van der Waals surface area contributed by atoms with Gasteiger partial charge in [-0.1, -0.05) is 27.2 Å². The summed E-state index contributed by atoms with van der Waals surface area (Å²) >= 11 is 0. The molecule has 0 aliphatic heterocycles. The number of carboxylic acid groups (broad SMARTS) is 2. The second-order valence-corrected chi connectivity index (χ2v) is 4.68. The number of carboxylic acids is 2. The monoisotopic (exact) mass is 306 g/mol. The van der Waals surface area contributed by atoms with Gasteiger partial charge >= 0.3 is 17.9 Å². The zero-order valence-electron chi connectivity index (χ0n) is 13.0. The van der Waals surface area contributed by atoms with Crippen LogP contribution in [0.15, 0.2) is 0 Å². The molecule has 0 aromatic rings. The second-order valence-electron chi connectivity index (χ2n) is 4.68. The van der Waals surface area contributed by atoms with Gasteiger partial charge in [-0.05, 0) is 19.8 Å². The van der Waals surface area contributed by atoms with Gasteiger partial charge in [-0.15, -0.1) is 0 Å². The number of aliphatic carboxylic acids is 2. The van der Waals surface area contributed by atoms with Gasteiger partial charge in [0.2, 0.25) is 0 Å². The summed E-state index contributed by atoms with van der Waals surface area (Å²) in [5.41, 5.74) is 0. The first-order valence-corrected chi connectivity index (χ1v) is 6.99. The molecule has 21 heavy (non-hydrogen) atoms. The molecule has 0 aliphatic carbocycles. The Labute approximate surface area is 124 Å². The zero-order valence-corrected chi connectivity index (χ0v) is 13.0. The minimum atomic E-state index is -1.23. The highest BCUT2D eigenvalue weighted by Crippen LogP contribution is 2.17. The smallest absolute Gasteiger partial charge is 0.332 e. The largest absolute Gasteiger partial charge is 0.481 e. The third-order valence-electron chi connectivity index (χ3n) is 2.83. The minimum Gasteiger partial charge on any atom is -0.481 e. The van der Waals surface area contributed by atoms with Gasteiger partial charge in [0.05, 0.1) is 18.4 Å². The number of hydrogen-bond donors (Lipinski definition) is 3. The number of carbonyl (C=O) groups is 3. The Morgan fingerprint density at radius 3 is 1.81 bits per heavy atom. The van der Waals surface area contributed by atoms with Crippen molar-refractivity contribution >= 4 is 17.9 Å². The lowest BCUT2D eigenvalue weighted by Gasteiger charge is -2.17. The summed E-state index contributed by atoms with van der Waals surface area (Å²) in [7, 11) is 0. The van der Waals surface area contributed by atoms with E-state index >= 15 is 0 Å². The predicted octanol–water partition coefficient (Wildman–Crippen LogP) is 1.53. The summed E-state index contributed by atoms with van der Waals surface area (Å²) in [6, 6.07) is 0. The summed E-state index contributed by atoms with van der Waals surface area (Å²) in [5.74, 6) is -3.73. The molecule has 7 nitrogen and oxygen atoms in total. The standard InChI is InChI=1S/C11H20O4.C3H6O3/c1-4-6-7-15-11(14)8(3)9(5-2)10(12)13;1-2(4)3(5)6/h8-9H,4-7H2,1-3H3,(H,12,13);2,4H,1H3,(H,5,6). The lowest BCUT2D eigenvalue weighted by atomic mass is 9.92. The van der Waals surface area contributed by atoms with Crippen molar-refractivity contribution in [1.29, 1.82) is 0 Å². The Balaban J connectivity index is 0. The number of rotatable bonds is 8. The molecular weight excluding hydrogens is 280 g/mol. The van der Waals surface area contributed by atoms with Crippen LogP contribution in [0.4, 0.5) is 0 Å². The number of aliphatic hydroxyl groups is 1. The van der Waals surface area contributed by atoms with Gasteiger partial charge in [-0.3, -0.25) is 9.59 Å². The van der Waals surface area contributed by atoms with Gasteiger partial charge < -0.3 is 20.1 Å². The molecule has 0 heterocycles. The summed E-state index contributed by atoms with van der Waals surface area (Å²) in [6.07, 6.45) is 0.990. The number of esters is 1. The molecule has 7 heteroatoms. The lowest BCUT2D eigenvalue weighted by molar-refractivity contribution is -0.157. The first-order chi connectivity index (χ1) is 9.68. The Kier molecular flexibility index (Phi) is 12.5. The van der Waals surface area contributed by atoms with Gasteiger partial charge in [0.1, 0.15) is 6.10 Å². The predicted molar refractivity (Wildman–Crippen MR) is 75.8 cm³/mol. The topological polar surface area (TPSA) is 121 Å². The maximum absolute atomic E-state index is 11.4. The molecule has 0 fully saturated rings. The summed E-state index contributed by atoms with van der Waals surface area (Å²) in [5, 5.41) is 24.6. The molecule has 0 bridgehead atoms. The van der Waals surface area contributed by atoms with E-state index in [-0.39, 0.29) is 0 Å². The minimum absolute atomic E-state index is 0.385. The van der Waals surface area contributed by atoms with Crippen molar-refractivity contribution in [2.75, 3.05) is 6.61 Å². The molecule has 0 saturated carbocycles. The van der Waals surface area contributed by atoms with Crippen LogP contribution < -0.4 is 0 Å². The van der Waals surface area contributed by atoms with Gasteiger partial charge in [-0.2, -0.15) is 0 Å². The van der Waals surface area contributed by atoms with Crippen molar-refractivity contribution in [2.24, 2.45) is 11.8 Å². The van der Waals surface area contributed by atoms with Crippen molar-refractivity contribution < 1.29 is 34.4 Å². The van der Waals surface area contributed by atoms with Crippen molar-refractivity contribution in [1.82, 2.24) is 0 Å². The average molecular weight is 306 g/mol.